The quantitative estimate of drug-likeness (QED) is 0.195. The van der Waals surface area contributed by atoms with Gasteiger partial charge in [-0.25, -0.2) is 0 Å². The van der Waals surface area contributed by atoms with Crippen LogP contribution in [0.4, 0.5) is 11.4 Å². The molecule has 4 aromatic carbocycles. The Hall–Kier alpha value is -3.84. The zero-order valence-electron chi connectivity index (χ0n) is 18.9. The second-order valence-electron chi connectivity index (χ2n) is 8.11. The summed E-state index contributed by atoms with van der Waals surface area (Å²) in [6, 6.07) is 14.4. The fourth-order valence-electron chi connectivity index (χ4n) is 3.71. The summed E-state index contributed by atoms with van der Waals surface area (Å²) in [6.07, 6.45) is 0. The van der Waals surface area contributed by atoms with Crippen molar-refractivity contribution in [1.29, 1.82) is 0 Å². The summed E-state index contributed by atoms with van der Waals surface area (Å²) in [6.45, 7) is 3.56. The first-order chi connectivity index (χ1) is 16.8. The Bertz CT molecular complexity index is 1780. The lowest BCUT2D eigenvalue weighted by Gasteiger charge is -2.10. The van der Waals surface area contributed by atoms with E-state index in [1.165, 1.54) is 6.07 Å². The average Bonchev–Trinajstić information content (AvgIpc) is 2.79. The molecule has 4 N–H and O–H groups in total. The molecule has 186 valence electrons. The number of aromatic hydroxyl groups is 2. The number of rotatable bonds is 5. The SMILES string of the molecule is Cc1cc(-c2ccc(N=Nc3c(O)ccc4cc(S(=O)(=O)O)cc(S(=O)(=O)O)c34)c(C)c2)ccc1O. The lowest BCUT2D eigenvalue weighted by Crippen LogP contribution is -2.04. The molecule has 0 aromatic heterocycles. The van der Waals surface area contributed by atoms with Crippen LogP contribution in [0.3, 0.4) is 0 Å². The highest BCUT2D eigenvalue weighted by Gasteiger charge is 2.24. The number of benzene rings is 4. The van der Waals surface area contributed by atoms with Crippen LogP contribution >= 0.6 is 0 Å². The van der Waals surface area contributed by atoms with Gasteiger partial charge in [-0.1, -0.05) is 18.2 Å². The maximum atomic E-state index is 12.0. The highest BCUT2D eigenvalue weighted by atomic mass is 32.2. The van der Waals surface area contributed by atoms with E-state index >= 15 is 0 Å². The first-order valence-corrected chi connectivity index (χ1v) is 13.2. The van der Waals surface area contributed by atoms with E-state index in [9.17, 15) is 36.2 Å². The van der Waals surface area contributed by atoms with E-state index < -0.39 is 35.8 Å². The number of nitrogens with zero attached hydrogens (tertiary/aromatic N) is 2. The fourth-order valence-corrected chi connectivity index (χ4v) is 5.08. The predicted molar refractivity (Wildman–Crippen MR) is 132 cm³/mol. The zero-order valence-corrected chi connectivity index (χ0v) is 20.5. The van der Waals surface area contributed by atoms with Crippen LogP contribution in [-0.4, -0.2) is 36.2 Å². The van der Waals surface area contributed by atoms with E-state index in [0.717, 1.165) is 23.3 Å². The topological polar surface area (TPSA) is 174 Å². The number of phenolic OH excluding ortho intramolecular Hbond substituents is 2. The molecule has 0 radical (unpaired) electrons. The molecule has 0 unspecified atom stereocenters. The van der Waals surface area contributed by atoms with Crippen molar-refractivity contribution in [2.24, 2.45) is 10.2 Å². The molecule has 0 amide bonds. The molecule has 12 heteroatoms. The van der Waals surface area contributed by atoms with Gasteiger partial charge in [0.25, 0.3) is 20.2 Å². The second-order valence-corrected chi connectivity index (χ2v) is 10.9. The molecule has 0 heterocycles. The van der Waals surface area contributed by atoms with Crippen molar-refractivity contribution in [3.63, 3.8) is 0 Å². The summed E-state index contributed by atoms with van der Waals surface area (Å²) < 4.78 is 66.4. The first-order valence-electron chi connectivity index (χ1n) is 10.3. The molecule has 0 aliphatic rings. The van der Waals surface area contributed by atoms with Crippen LogP contribution in [0.25, 0.3) is 21.9 Å². The molecule has 36 heavy (non-hydrogen) atoms. The van der Waals surface area contributed by atoms with Crippen LogP contribution in [0.1, 0.15) is 11.1 Å². The Kier molecular flexibility index (Phi) is 6.31. The highest BCUT2D eigenvalue weighted by Crippen LogP contribution is 2.41. The molecule has 0 aliphatic heterocycles. The van der Waals surface area contributed by atoms with E-state index in [0.29, 0.717) is 22.9 Å². The minimum atomic E-state index is -4.99. The summed E-state index contributed by atoms with van der Waals surface area (Å²) in [5.74, 6) is -0.284. The molecule has 10 nitrogen and oxygen atoms in total. The average molecular weight is 529 g/mol. The highest BCUT2D eigenvalue weighted by molar-refractivity contribution is 7.86. The maximum Gasteiger partial charge on any atom is 0.295 e. The number of phenols is 2. The summed E-state index contributed by atoms with van der Waals surface area (Å²) in [5.41, 5.74) is 3.22. The van der Waals surface area contributed by atoms with E-state index in [-0.39, 0.29) is 22.2 Å². The number of azo groups is 1. The smallest absolute Gasteiger partial charge is 0.295 e. The van der Waals surface area contributed by atoms with Crippen molar-refractivity contribution >= 4 is 42.4 Å². The fraction of sp³-hybridized carbons (Fsp3) is 0.0833. The second kappa shape index (κ2) is 8.99. The van der Waals surface area contributed by atoms with Crippen LogP contribution in [0.5, 0.6) is 11.5 Å². The van der Waals surface area contributed by atoms with Gasteiger partial charge in [0.2, 0.25) is 0 Å². The Morgan fingerprint density at radius 3 is 1.86 bits per heavy atom. The van der Waals surface area contributed by atoms with Crippen LogP contribution < -0.4 is 0 Å². The van der Waals surface area contributed by atoms with Crippen LogP contribution in [0.2, 0.25) is 0 Å². The molecule has 0 saturated heterocycles. The molecule has 4 aromatic rings. The predicted octanol–water partition coefficient (Wildman–Crippen LogP) is 5.44. The Morgan fingerprint density at radius 2 is 1.28 bits per heavy atom. The summed E-state index contributed by atoms with van der Waals surface area (Å²) in [5, 5.41) is 28.0. The third-order valence-electron chi connectivity index (χ3n) is 5.57. The summed E-state index contributed by atoms with van der Waals surface area (Å²) in [4.78, 5) is -1.63. The van der Waals surface area contributed by atoms with E-state index in [2.05, 4.69) is 10.2 Å². The molecule has 0 aliphatic carbocycles. The van der Waals surface area contributed by atoms with E-state index in [4.69, 9.17) is 0 Å². The van der Waals surface area contributed by atoms with E-state index in [1.54, 1.807) is 38.1 Å². The third-order valence-corrected chi connectivity index (χ3v) is 7.28. The van der Waals surface area contributed by atoms with E-state index in [1.807, 2.05) is 12.1 Å². The number of fused-ring (bicyclic) bond motifs is 1. The zero-order chi connectivity index (χ0) is 26.4. The summed E-state index contributed by atoms with van der Waals surface area (Å²) >= 11 is 0. The van der Waals surface area contributed by atoms with Crippen molar-refractivity contribution in [3.8, 4) is 22.6 Å². The lowest BCUT2D eigenvalue weighted by molar-refractivity contribution is 0.471. The van der Waals surface area contributed by atoms with Gasteiger partial charge in [-0.05, 0) is 84.0 Å². The van der Waals surface area contributed by atoms with Crippen LogP contribution in [0, 0.1) is 13.8 Å². The van der Waals surface area contributed by atoms with Crippen molar-refractivity contribution in [1.82, 2.24) is 0 Å². The van der Waals surface area contributed by atoms with Crippen molar-refractivity contribution in [3.05, 3.63) is 71.8 Å². The van der Waals surface area contributed by atoms with Gasteiger partial charge in [0, 0.05) is 5.39 Å². The minimum absolute atomic E-state index is 0.0285. The van der Waals surface area contributed by atoms with Gasteiger partial charge >= 0.3 is 0 Å². The Labute approximate surface area is 206 Å². The number of hydrogen-bond donors (Lipinski definition) is 4. The monoisotopic (exact) mass is 528 g/mol. The maximum absolute atomic E-state index is 12.0. The summed E-state index contributed by atoms with van der Waals surface area (Å²) in [7, 11) is -9.79. The molecular weight excluding hydrogens is 508 g/mol. The van der Waals surface area contributed by atoms with Gasteiger partial charge in [0.15, 0.2) is 0 Å². The van der Waals surface area contributed by atoms with Crippen molar-refractivity contribution in [2.45, 2.75) is 23.6 Å². The molecule has 0 atom stereocenters. The van der Waals surface area contributed by atoms with Crippen LogP contribution in [-0.2, 0) is 20.2 Å². The molecule has 0 bridgehead atoms. The van der Waals surface area contributed by atoms with Gasteiger partial charge < -0.3 is 10.2 Å². The van der Waals surface area contributed by atoms with Gasteiger partial charge in [-0.3, -0.25) is 9.11 Å². The number of hydrogen-bond acceptors (Lipinski definition) is 8. The number of aryl methyl sites for hydroxylation is 2. The molecular formula is C24H20N2O8S2. The minimum Gasteiger partial charge on any atom is -0.508 e. The van der Waals surface area contributed by atoms with Gasteiger partial charge in [-0.15, -0.1) is 5.11 Å². The standard InChI is InChI=1S/C24H20N2O8S2/c1-13-9-15(16-4-7-20(27)14(2)10-16)3-6-19(13)25-26-24-21(28)8-5-17-11-18(35(29,30)31)12-22(23(17)24)36(32,33)34/h3-12,27-28H,1-2H3,(H,29,30,31)(H,32,33,34). The van der Waals surface area contributed by atoms with Crippen LogP contribution in [0.15, 0.2) is 80.7 Å². The molecule has 4 rings (SSSR count). The van der Waals surface area contributed by atoms with Gasteiger partial charge in [-0.2, -0.15) is 21.9 Å². The van der Waals surface area contributed by atoms with Gasteiger partial charge in [0.05, 0.1) is 10.6 Å². The largest absolute Gasteiger partial charge is 0.508 e. The third kappa shape index (κ3) is 4.93. The first kappa shape index (κ1) is 25.3. The Balaban J connectivity index is 1.85. The molecule has 0 saturated carbocycles. The molecule has 0 fully saturated rings. The van der Waals surface area contributed by atoms with Crippen molar-refractivity contribution < 1.29 is 36.2 Å². The lowest BCUT2D eigenvalue weighted by atomic mass is 10.0. The van der Waals surface area contributed by atoms with Crippen molar-refractivity contribution in [2.75, 3.05) is 0 Å². The van der Waals surface area contributed by atoms with Gasteiger partial charge in [0.1, 0.15) is 22.1 Å². The Morgan fingerprint density at radius 1 is 0.667 bits per heavy atom. The molecule has 0 spiro atoms. The normalized spacial score (nSPS) is 12.4.